The molecule has 1 atom stereocenters. The Balaban J connectivity index is 2.13. The number of carbonyl (C=O) groups excluding carboxylic acids is 3. The number of ether oxygens (including phenoxy) is 2. The molecular formula is C20H19NO5. The predicted octanol–water partition coefficient (Wildman–Crippen LogP) is 3.41. The van der Waals surface area contributed by atoms with Crippen LogP contribution in [0.4, 0.5) is 4.79 Å². The van der Waals surface area contributed by atoms with Crippen molar-refractivity contribution < 1.29 is 23.9 Å². The fraction of sp³-hybridized carbons (Fsp3) is 0.150. The number of carbonyl (C=O) groups is 3. The SMILES string of the molecule is C=C(C(=O)OCC)C(OC(=O)NC(=O)c1ccccc1)c1ccccc1. The second kappa shape index (κ2) is 9.17. The first-order valence-electron chi connectivity index (χ1n) is 8.00. The lowest BCUT2D eigenvalue weighted by atomic mass is 10.0. The molecule has 0 saturated carbocycles. The number of benzene rings is 2. The topological polar surface area (TPSA) is 81.7 Å². The average Bonchev–Trinajstić information content (AvgIpc) is 2.67. The van der Waals surface area contributed by atoms with Gasteiger partial charge < -0.3 is 9.47 Å². The number of amides is 2. The zero-order chi connectivity index (χ0) is 18.9. The molecule has 0 aliphatic heterocycles. The lowest BCUT2D eigenvalue weighted by Gasteiger charge is -2.19. The number of hydrogen-bond acceptors (Lipinski definition) is 5. The van der Waals surface area contributed by atoms with E-state index in [1.807, 2.05) is 0 Å². The van der Waals surface area contributed by atoms with E-state index in [4.69, 9.17) is 9.47 Å². The van der Waals surface area contributed by atoms with E-state index < -0.39 is 24.1 Å². The number of imide groups is 1. The van der Waals surface area contributed by atoms with Gasteiger partial charge >= 0.3 is 12.1 Å². The summed E-state index contributed by atoms with van der Waals surface area (Å²) in [5, 5.41) is 2.13. The van der Waals surface area contributed by atoms with E-state index in [0.29, 0.717) is 11.1 Å². The highest BCUT2D eigenvalue weighted by molar-refractivity contribution is 6.03. The third kappa shape index (κ3) is 5.04. The molecule has 2 amide bonds. The number of hydrogen-bond donors (Lipinski definition) is 1. The summed E-state index contributed by atoms with van der Waals surface area (Å²) < 4.78 is 10.2. The molecule has 2 aromatic rings. The fourth-order valence-electron chi connectivity index (χ4n) is 2.19. The van der Waals surface area contributed by atoms with E-state index in [0.717, 1.165) is 0 Å². The predicted molar refractivity (Wildman–Crippen MR) is 95.3 cm³/mol. The molecule has 0 radical (unpaired) electrons. The zero-order valence-corrected chi connectivity index (χ0v) is 14.3. The van der Waals surface area contributed by atoms with E-state index in [1.165, 1.54) is 0 Å². The monoisotopic (exact) mass is 353 g/mol. The van der Waals surface area contributed by atoms with Crippen LogP contribution in [0.25, 0.3) is 0 Å². The molecular weight excluding hydrogens is 334 g/mol. The van der Waals surface area contributed by atoms with Crippen LogP contribution < -0.4 is 5.32 Å². The van der Waals surface area contributed by atoms with Gasteiger partial charge in [-0.25, -0.2) is 9.59 Å². The molecule has 0 aromatic heterocycles. The molecule has 6 heteroatoms. The Kier molecular flexibility index (Phi) is 6.68. The summed E-state index contributed by atoms with van der Waals surface area (Å²) in [6.45, 7) is 5.50. The quantitative estimate of drug-likeness (QED) is 0.636. The van der Waals surface area contributed by atoms with Gasteiger partial charge in [0.1, 0.15) is 0 Å². The molecule has 0 heterocycles. The van der Waals surface area contributed by atoms with Crippen molar-refractivity contribution in [3.8, 4) is 0 Å². The average molecular weight is 353 g/mol. The van der Waals surface area contributed by atoms with Crippen LogP contribution in [0.2, 0.25) is 0 Å². The summed E-state index contributed by atoms with van der Waals surface area (Å²) in [7, 11) is 0. The highest BCUT2D eigenvalue weighted by atomic mass is 16.6. The summed E-state index contributed by atoms with van der Waals surface area (Å²) in [6.07, 6.45) is -2.06. The summed E-state index contributed by atoms with van der Waals surface area (Å²) in [6, 6.07) is 16.8. The van der Waals surface area contributed by atoms with Crippen molar-refractivity contribution in [2.75, 3.05) is 6.61 Å². The molecule has 2 aromatic carbocycles. The van der Waals surface area contributed by atoms with Gasteiger partial charge in [-0.1, -0.05) is 55.1 Å². The van der Waals surface area contributed by atoms with Crippen LogP contribution >= 0.6 is 0 Å². The van der Waals surface area contributed by atoms with Crippen LogP contribution in [-0.2, 0) is 14.3 Å². The van der Waals surface area contributed by atoms with E-state index in [9.17, 15) is 14.4 Å². The maximum absolute atomic E-state index is 12.1. The second-order valence-electron chi connectivity index (χ2n) is 5.26. The van der Waals surface area contributed by atoms with Crippen LogP contribution in [-0.4, -0.2) is 24.6 Å². The van der Waals surface area contributed by atoms with Crippen molar-refractivity contribution in [2.45, 2.75) is 13.0 Å². The first kappa shape index (κ1) is 18.9. The number of alkyl carbamates (subject to hydrolysis) is 1. The molecule has 1 unspecified atom stereocenters. The second-order valence-corrected chi connectivity index (χ2v) is 5.26. The molecule has 1 N–H and O–H groups in total. The van der Waals surface area contributed by atoms with Gasteiger partial charge in [0.05, 0.1) is 12.2 Å². The molecule has 26 heavy (non-hydrogen) atoms. The molecule has 0 saturated heterocycles. The molecule has 6 nitrogen and oxygen atoms in total. The van der Waals surface area contributed by atoms with Gasteiger partial charge in [-0.2, -0.15) is 0 Å². The van der Waals surface area contributed by atoms with Crippen LogP contribution in [0.1, 0.15) is 28.9 Å². The van der Waals surface area contributed by atoms with Crippen LogP contribution in [0.3, 0.4) is 0 Å². The third-order valence-electron chi connectivity index (χ3n) is 3.43. The van der Waals surface area contributed by atoms with E-state index in [1.54, 1.807) is 67.6 Å². The van der Waals surface area contributed by atoms with Crippen molar-refractivity contribution in [3.05, 3.63) is 83.9 Å². The number of nitrogens with one attached hydrogen (secondary N) is 1. The van der Waals surface area contributed by atoms with Gasteiger partial charge in [0.2, 0.25) is 0 Å². The van der Waals surface area contributed by atoms with Crippen molar-refractivity contribution in [2.24, 2.45) is 0 Å². The minimum absolute atomic E-state index is 0.0413. The highest BCUT2D eigenvalue weighted by Gasteiger charge is 2.26. The number of esters is 1. The molecule has 0 spiro atoms. The van der Waals surface area contributed by atoms with Gasteiger partial charge in [0, 0.05) is 5.56 Å². The first-order valence-corrected chi connectivity index (χ1v) is 8.00. The normalized spacial score (nSPS) is 11.1. The van der Waals surface area contributed by atoms with Crippen LogP contribution in [0.15, 0.2) is 72.8 Å². The van der Waals surface area contributed by atoms with Gasteiger partial charge in [-0.05, 0) is 24.6 Å². The lowest BCUT2D eigenvalue weighted by Crippen LogP contribution is -2.33. The summed E-state index contributed by atoms with van der Waals surface area (Å²) in [4.78, 5) is 36.2. The van der Waals surface area contributed by atoms with Crippen LogP contribution in [0, 0.1) is 0 Å². The zero-order valence-electron chi connectivity index (χ0n) is 14.3. The maximum atomic E-state index is 12.1. The fourth-order valence-corrected chi connectivity index (χ4v) is 2.19. The van der Waals surface area contributed by atoms with Crippen molar-refractivity contribution in [1.29, 1.82) is 0 Å². The Bertz CT molecular complexity index is 786. The van der Waals surface area contributed by atoms with E-state index >= 15 is 0 Å². The standard InChI is InChI=1S/C20H19NO5/c1-3-25-19(23)14(2)17(15-10-6-4-7-11-15)26-20(24)21-18(22)16-12-8-5-9-13-16/h4-13,17H,2-3H2,1H3,(H,21,22,24). The summed E-state index contributed by atoms with van der Waals surface area (Å²) in [5.41, 5.74) is 0.804. The minimum atomic E-state index is -1.07. The van der Waals surface area contributed by atoms with Crippen LogP contribution in [0.5, 0.6) is 0 Å². The lowest BCUT2D eigenvalue weighted by molar-refractivity contribution is -0.139. The third-order valence-corrected chi connectivity index (χ3v) is 3.43. The number of rotatable bonds is 6. The Morgan fingerprint density at radius 3 is 2.15 bits per heavy atom. The van der Waals surface area contributed by atoms with E-state index in [2.05, 4.69) is 11.9 Å². The summed E-state index contributed by atoms with van der Waals surface area (Å²) in [5.74, 6) is -1.28. The van der Waals surface area contributed by atoms with Crippen molar-refractivity contribution >= 4 is 18.0 Å². The first-order chi connectivity index (χ1) is 12.5. The van der Waals surface area contributed by atoms with Gasteiger partial charge in [-0.3, -0.25) is 10.1 Å². The Morgan fingerprint density at radius 2 is 1.58 bits per heavy atom. The van der Waals surface area contributed by atoms with Crippen molar-refractivity contribution in [1.82, 2.24) is 5.32 Å². The molecule has 134 valence electrons. The highest BCUT2D eigenvalue weighted by Crippen LogP contribution is 2.25. The molecule has 2 rings (SSSR count). The molecule has 0 bridgehead atoms. The Labute approximate surface area is 151 Å². The molecule has 0 aliphatic carbocycles. The smallest absolute Gasteiger partial charge is 0.415 e. The molecule has 0 fully saturated rings. The van der Waals surface area contributed by atoms with E-state index in [-0.39, 0.29) is 12.2 Å². The summed E-state index contributed by atoms with van der Waals surface area (Å²) >= 11 is 0. The minimum Gasteiger partial charge on any atom is -0.463 e. The van der Waals surface area contributed by atoms with Crippen molar-refractivity contribution in [3.63, 3.8) is 0 Å². The largest absolute Gasteiger partial charge is 0.463 e. The Hall–Kier alpha value is -3.41. The van der Waals surface area contributed by atoms with Gasteiger partial charge in [0.15, 0.2) is 6.10 Å². The Morgan fingerprint density at radius 1 is 1.00 bits per heavy atom. The molecule has 0 aliphatic rings. The van der Waals surface area contributed by atoms with Gasteiger partial charge in [0.25, 0.3) is 5.91 Å². The maximum Gasteiger partial charge on any atom is 0.415 e. The van der Waals surface area contributed by atoms with Gasteiger partial charge in [-0.15, -0.1) is 0 Å².